The van der Waals surface area contributed by atoms with Gasteiger partial charge in [0.2, 0.25) is 5.91 Å². The summed E-state index contributed by atoms with van der Waals surface area (Å²) < 4.78 is 0. The molecule has 0 bridgehead atoms. The number of nitriles is 1. The van der Waals surface area contributed by atoms with Crippen LogP contribution < -0.4 is 5.32 Å². The van der Waals surface area contributed by atoms with Crippen molar-refractivity contribution >= 4 is 23.6 Å². The first-order valence-electron chi connectivity index (χ1n) is 9.08. The predicted octanol–water partition coefficient (Wildman–Crippen LogP) is 4.01. The number of carbonyl (C=O) groups is 1. The molecule has 0 saturated carbocycles. The Bertz CT molecular complexity index is 847. The van der Waals surface area contributed by atoms with E-state index in [9.17, 15) is 4.79 Å². The molecule has 1 aliphatic rings. The van der Waals surface area contributed by atoms with Gasteiger partial charge in [-0.3, -0.25) is 9.69 Å². The van der Waals surface area contributed by atoms with Gasteiger partial charge in [0.05, 0.1) is 11.6 Å². The van der Waals surface area contributed by atoms with Gasteiger partial charge in [0, 0.05) is 36.8 Å². The summed E-state index contributed by atoms with van der Waals surface area (Å²) in [5.74, 6) is -0.0893. The van der Waals surface area contributed by atoms with E-state index >= 15 is 0 Å². The summed E-state index contributed by atoms with van der Waals surface area (Å²) in [6.07, 6.45) is 5.16. The van der Waals surface area contributed by atoms with Crippen molar-refractivity contribution in [1.29, 1.82) is 5.26 Å². The fourth-order valence-corrected chi connectivity index (χ4v) is 3.34. The SMILES string of the molecule is N#Cc1cccc(C=CC(=O)NC2CCN(Cc3ccc(Cl)cc3)CC2)c1. The third kappa shape index (κ3) is 5.96. The van der Waals surface area contributed by atoms with Crippen LogP contribution in [0.2, 0.25) is 5.02 Å². The molecular weight excluding hydrogens is 358 g/mol. The van der Waals surface area contributed by atoms with Crippen molar-refractivity contribution in [2.75, 3.05) is 13.1 Å². The number of halogens is 1. The van der Waals surface area contributed by atoms with Crippen LogP contribution in [0, 0.1) is 11.3 Å². The number of rotatable bonds is 5. The summed E-state index contributed by atoms with van der Waals surface area (Å²) in [4.78, 5) is 14.6. The first-order valence-corrected chi connectivity index (χ1v) is 9.46. The molecule has 0 aromatic heterocycles. The van der Waals surface area contributed by atoms with Crippen LogP contribution >= 0.6 is 11.6 Å². The molecule has 138 valence electrons. The van der Waals surface area contributed by atoms with Gasteiger partial charge in [0.1, 0.15) is 0 Å². The summed E-state index contributed by atoms with van der Waals surface area (Å²) >= 11 is 5.93. The highest BCUT2D eigenvalue weighted by Gasteiger charge is 2.20. The first kappa shape index (κ1) is 19.2. The summed E-state index contributed by atoms with van der Waals surface area (Å²) in [5, 5.41) is 12.8. The molecule has 3 rings (SSSR count). The van der Waals surface area contributed by atoms with Crippen LogP contribution in [0.4, 0.5) is 0 Å². The number of hydrogen-bond donors (Lipinski definition) is 1. The Labute approximate surface area is 165 Å². The lowest BCUT2D eigenvalue weighted by Gasteiger charge is -2.32. The largest absolute Gasteiger partial charge is 0.350 e. The van der Waals surface area contributed by atoms with Crippen molar-refractivity contribution < 1.29 is 4.79 Å². The Morgan fingerprint density at radius 3 is 2.67 bits per heavy atom. The normalized spacial score (nSPS) is 15.6. The van der Waals surface area contributed by atoms with E-state index in [1.165, 1.54) is 11.6 Å². The van der Waals surface area contributed by atoms with Crippen LogP contribution in [0.15, 0.2) is 54.6 Å². The second kappa shape index (κ2) is 9.36. The van der Waals surface area contributed by atoms with Gasteiger partial charge in [-0.2, -0.15) is 5.26 Å². The van der Waals surface area contributed by atoms with E-state index in [1.54, 1.807) is 18.2 Å². The molecule has 0 aliphatic carbocycles. The Morgan fingerprint density at radius 2 is 1.96 bits per heavy atom. The van der Waals surface area contributed by atoms with Crippen molar-refractivity contribution in [3.63, 3.8) is 0 Å². The third-order valence-corrected chi connectivity index (χ3v) is 4.95. The van der Waals surface area contributed by atoms with Gasteiger partial charge < -0.3 is 5.32 Å². The standard InChI is InChI=1S/C22H22ClN3O/c23-20-7-4-18(5-8-20)16-26-12-10-21(11-13-26)25-22(27)9-6-17-2-1-3-19(14-17)15-24/h1-9,14,21H,10-13,16H2,(H,25,27). The van der Waals surface area contributed by atoms with Crippen LogP contribution in [-0.2, 0) is 11.3 Å². The van der Waals surface area contributed by atoms with Gasteiger partial charge in [-0.1, -0.05) is 35.9 Å². The molecule has 0 spiro atoms. The number of nitrogens with one attached hydrogen (secondary N) is 1. The number of likely N-dealkylation sites (tertiary alicyclic amines) is 1. The molecule has 27 heavy (non-hydrogen) atoms. The maximum Gasteiger partial charge on any atom is 0.244 e. The lowest BCUT2D eigenvalue weighted by molar-refractivity contribution is -0.117. The van der Waals surface area contributed by atoms with E-state index in [4.69, 9.17) is 16.9 Å². The van der Waals surface area contributed by atoms with Gasteiger partial charge in [0.25, 0.3) is 0 Å². The molecule has 0 unspecified atom stereocenters. The van der Waals surface area contributed by atoms with Gasteiger partial charge in [0.15, 0.2) is 0 Å². The Morgan fingerprint density at radius 1 is 1.22 bits per heavy atom. The summed E-state index contributed by atoms with van der Waals surface area (Å²) in [6, 6.07) is 17.5. The molecule has 1 amide bonds. The van der Waals surface area contributed by atoms with E-state index in [2.05, 4.69) is 28.4 Å². The molecule has 2 aromatic carbocycles. The van der Waals surface area contributed by atoms with Crippen molar-refractivity contribution in [1.82, 2.24) is 10.2 Å². The zero-order chi connectivity index (χ0) is 19.1. The van der Waals surface area contributed by atoms with Crippen LogP contribution in [-0.4, -0.2) is 29.9 Å². The summed E-state index contributed by atoms with van der Waals surface area (Å²) in [7, 11) is 0. The Hall–Kier alpha value is -2.61. The molecule has 1 saturated heterocycles. The highest BCUT2D eigenvalue weighted by Crippen LogP contribution is 2.16. The van der Waals surface area contributed by atoms with Crippen LogP contribution in [0.5, 0.6) is 0 Å². The maximum atomic E-state index is 12.2. The molecule has 1 fully saturated rings. The van der Waals surface area contributed by atoms with Crippen molar-refractivity contribution in [3.8, 4) is 6.07 Å². The molecule has 0 radical (unpaired) electrons. The zero-order valence-corrected chi connectivity index (χ0v) is 15.8. The quantitative estimate of drug-likeness (QED) is 0.798. The highest BCUT2D eigenvalue weighted by molar-refractivity contribution is 6.30. The zero-order valence-electron chi connectivity index (χ0n) is 15.1. The minimum absolute atomic E-state index is 0.0893. The van der Waals surface area contributed by atoms with Crippen LogP contribution in [0.3, 0.4) is 0 Å². The van der Waals surface area contributed by atoms with E-state index in [0.717, 1.165) is 43.1 Å². The fourth-order valence-electron chi connectivity index (χ4n) is 3.22. The lowest BCUT2D eigenvalue weighted by Crippen LogP contribution is -2.43. The Kier molecular flexibility index (Phi) is 6.64. The number of piperidine rings is 1. The minimum Gasteiger partial charge on any atom is -0.350 e. The van der Waals surface area contributed by atoms with Crippen LogP contribution in [0.1, 0.15) is 29.5 Å². The predicted molar refractivity (Wildman–Crippen MR) is 108 cm³/mol. The Balaban J connectivity index is 1.44. The summed E-state index contributed by atoms with van der Waals surface area (Å²) in [5.41, 5.74) is 2.69. The third-order valence-electron chi connectivity index (χ3n) is 4.70. The fraction of sp³-hybridized carbons (Fsp3) is 0.273. The van der Waals surface area contributed by atoms with Crippen molar-refractivity contribution in [3.05, 3.63) is 76.3 Å². The molecule has 1 aliphatic heterocycles. The number of carbonyl (C=O) groups excluding carboxylic acids is 1. The van der Waals surface area contributed by atoms with E-state index in [-0.39, 0.29) is 11.9 Å². The van der Waals surface area contributed by atoms with Gasteiger partial charge >= 0.3 is 0 Å². The van der Waals surface area contributed by atoms with E-state index < -0.39 is 0 Å². The number of hydrogen-bond acceptors (Lipinski definition) is 3. The second-order valence-corrected chi connectivity index (χ2v) is 7.19. The van der Waals surface area contributed by atoms with E-state index in [0.29, 0.717) is 5.56 Å². The van der Waals surface area contributed by atoms with Crippen molar-refractivity contribution in [2.45, 2.75) is 25.4 Å². The molecule has 1 heterocycles. The number of benzene rings is 2. The van der Waals surface area contributed by atoms with E-state index in [1.807, 2.05) is 24.3 Å². The molecule has 1 N–H and O–H groups in total. The smallest absolute Gasteiger partial charge is 0.244 e. The molecule has 4 nitrogen and oxygen atoms in total. The van der Waals surface area contributed by atoms with Crippen LogP contribution in [0.25, 0.3) is 6.08 Å². The summed E-state index contributed by atoms with van der Waals surface area (Å²) in [6.45, 7) is 2.83. The minimum atomic E-state index is -0.0893. The van der Waals surface area contributed by atoms with Gasteiger partial charge in [-0.15, -0.1) is 0 Å². The molecular formula is C22H22ClN3O. The second-order valence-electron chi connectivity index (χ2n) is 6.76. The average Bonchev–Trinajstić information content (AvgIpc) is 2.70. The monoisotopic (exact) mass is 379 g/mol. The van der Waals surface area contributed by atoms with Gasteiger partial charge in [-0.05, 0) is 54.3 Å². The topological polar surface area (TPSA) is 56.1 Å². The van der Waals surface area contributed by atoms with Gasteiger partial charge in [-0.25, -0.2) is 0 Å². The maximum absolute atomic E-state index is 12.2. The first-order chi connectivity index (χ1) is 13.1. The number of nitrogens with zero attached hydrogens (tertiary/aromatic N) is 2. The number of amides is 1. The lowest BCUT2D eigenvalue weighted by atomic mass is 10.0. The van der Waals surface area contributed by atoms with Crippen molar-refractivity contribution in [2.24, 2.45) is 0 Å². The average molecular weight is 380 g/mol. The molecule has 2 aromatic rings. The molecule has 0 atom stereocenters. The highest BCUT2D eigenvalue weighted by atomic mass is 35.5. The molecule has 5 heteroatoms.